The van der Waals surface area contributed by atoms with Crippen LogP contribution in [0.4, 0.5) is 9.59 Å². The maximum absolute atomic E-state index is 12.5. The monoisotopic (exact) mass is 366 g/mol. The summed E-state index contributed by atoms with van der Waals surface area (Å²) in [6.07, 6.45) is 0.162. The summed E-state index contributed by atoms with van der Waals surface area (Å²) in [4.78, 5) is 25.9. The zero-order chi connectivity index (χ0) is 19.6. The zero-order valence-corrected chi connectivity index (χ0v) is 15.8. The summed E-state index contributed by atoms with van der Waals surface area (Å²) < 4.78 is 10.6. The van der Waals surface area contributed by atoms with E-state index < -0.39 is 23.8 Å². The van der Waals surface area contributed by atoms with Crippen LogP contribution < -0.4 is 5.73 Å². The summed E-state index contributed by atoms with van der Waals surface area (Å²) in [5.41, 5.74) is 5.52. The number of benzene rings is 1. The lowest BCUT2D eigenvalue weighted by atomic mass is 10.1. The number of hydrogen-bond donors (Lipinski definition) is 2. The summed E-state index contributed by atoms with van der Waals surface area (Å²) in [6.45, 7) is 5.29. The molecule has 7 nitrogen and oxygen atoms in total. The second-order valence-electron chi connectivity index (χ2n) is 7.01. The molecule has 0 radical (unpaired) electrons. The van der Waals surface area contributed by atoms with Crippen LogP contribution in [0.5, 0.6) is 0 Å². The first-order valence-electron chi connectivity index (χ1n) is 8.82. The van der Waals surface area contributed by atoms with Crippen molar-refractivity contribution in [1.29, 1.82) is 0 Å². The fourth-order valence-electron chi connectivity index (χ4n) is 2.30. The van der Waals surface area contributed by atoms with Gasteiger partial charge in [0.1, 0.15) is 12.2 Å². The third-order valence-electron chi connectivity index (χ3n) is 3.56. The number of nitrogens with two attached hydrogens (primary N) is 1. The van der Waals surface area contributed by atoms with Gasteiger partial charge in [-0.3, -0.25) is 0 Å². The normalized spacial score (nSPS) is 12.3. The lowest BCUT2D eigenvalue weighted by Gasteiger charge is -2.30. The SMILES string of the molecule is CC(C)(C)OC(=O)N(C(=O)OCc1ccccc1)[C@H](CO)CCCCN. The number of unbranched alkanes of at least 4 members (excludes halogenated alkanes) is 1. The van der Waals surface area contributed by atoms with Crippen LogP contribution in [0.2, 0.25) is 0 Å². The molecule has 7 heteroatoms. The summed E-state index contributed by atoms with van der Waals surface area (Å²) >= 11 is 0. The van der Waals surface area contributed by atoms with Crippen LogP contribution in [0.1, 0.15) is 45.6 Å². The number of nitrogens with zero attached hydrogens (tertiary/aromatic N) is 1. The quantitative estimate of drug-likeness (QED) is 0.686. The smallest absolute Gasteiger partial charge is 0.420 e. The van der Waals surface area contributed by atoms with Gasteiger partial charge in [0.15, 0.2) is 0 Å². The fourth-order valence-corrected chi connectivity index (χ4v) is 2.30. The average Bonchev–Trinajstić information content (AvgIpc) is 2.58. The topological polar surface area (TPSA) is 102 Å². The largest absolute Gasteiger partial charge is 0.444 e. The molecule has 0 bridgehead atoms. The van der Waals surface area contributed by atoms with E-state index in [4.69, 9.17) is 15.2 Å². The molecule has 1 atom stereocenters. The van der Waals surface area contributed by atoms with E-state index in [1.165, 1.54) is 0 Å². The van der Waals surface area contributed by atoms with E-state index in [-0.39, 0.29) is 13.2 Å². The van der Waals surface area contributed by atoms with Crippen LogP contribution >= 0.6 is 0 Å². The Morgan fingerprint density at radius 1 is 1.15 bits per heavy atom. The van der Waals surface area contributed by atoms with E-state index in [0.717, 1.165) is 16.9 Å². The van der Waals surface area contributed by atoms with E-state index in [0.29, 0.717) is 19.4 Å². The van der Waals surface area contributed by atoms with Crippen LogP contribution in [-0.2, 0) is 16.1 Å². The summed E-state index contributed by atoms with van der Waals surface area (Å²) in [5.74, 6) is 0. The highest BCUT2D eigenvalue weighted by molar-refractivity contribution is 5.88. The average molecular weight is 366 g/mol. The van der Waals surface area contributed by atoms with Gasteiger partial charge in [-0.05, 0) is 45.7 Å². The number of hydrogen-bond acceptors (Lipinski definition) is 6. The van der Waals surface area contributed by atoms with Gasteiger partial charge >= 0.3 is 12.2 Å². The molecule has 1 aromatic rings. The Balaban J connectivity index is 2.86. The number of ether oxygens (including phenoxy) is 2. The van der Waals surface area contributed by atoms with Gasteiger partial charge in [-0.2, -0.15) is 0 Å². The molecule has 146 valence electrons. The van der Waals surface area contributed by atoms with E-state index in [9.17, 15) is 14.7 Å². The highest BCUT2D eigenvalue weighted by Crippen LogP contribution is 2.17. The van der Waals surface area contributed by atoms with E-state index in [1.54, 1.807) is 20.8 Å². The molecule has 0 saturated heterocycles. The molecule has 0 spiro atoms. The van der Waals surface area contributed by atoms with Crippen molar-refractivity contribution in [3.8, 4) is 0 Å². The van der Waals surface area contributed by atoms with Crippen molar-refractivity contribution in [2.75, 3.05) is 13.2 Å². The Morgan fingerprint density at radius 2 is 1.81 bits per heavy atom. The van der Waals surface area contributed by atoms with Gasteiger partial charge in [0.05, 0.1) is 12.6 Å². The maximum atomic E-state index is 12.5. The van der Waals surface area contributed by atoms with Crippen molar-refractivity contribution in [3.05, 3.63) is 35.9 Å². The van der Waals surface area contributed by atoms with Gasteiger partial charge in [0, 0.05) is 0 Å². The van der Waals surface area contributed by atoms with Gasteiger partial charge in [-0.15, -0.1) is 0 Å². The number of rotatable bonds is 8. The highest BCUT2D eigenvalue weighted by Gasteiger charge is 2.34. The molecular formula is C19H30N2O5. The second kappa shape index (κ2) is 10.8. The Kier molecular flexibility index (Phi) is 9.09. The third-order valence-corrected chi connectivity index (χ3v) is 3.56. The maximum Gasteiger partial charge on any atom is 0.420 e. The number of imide groups is 1. The molecule has 0 saturated carbocycles. The predicted octanol–water partition coefficient (Wildman–Crippen LogP) is 3.05. The lowest BCUT2D eigenvalue weighted by Crippen LogP contribution is -2.48. The summed E-state index contributed by atoms with van der Waals surface area (Å²) in [5, 5.41) is 9.69. The summed E-state index contributed by atoms with van der Waals surface area (Å²) in [6, 6.07) is 8.43. The molecule has 0 unspecified atom stereocenters. The first-order valence-corrected chi connectivity index (χ1v) is 8.82. The molecule has 0 aliphatic heterocycles. The molecule has 0 aliphatic rings. The first-order chi connectivity index (χ1) is 12.3. The van der Waals surface area contributed by atoms with Crippen molar-refractivity contribution >= 4 is 12.2 Å². The molecule has 0 aromatic heterocycles. The van der Waals surface area contributed by atoms with Crippen LogP contribution in [-0.4, -0.2) is 47.0 Å². The molecule has 26 heavy (non-hydrogen) atoms. The number of aliphatic hydroxyl groups excluding tert-OH is 1. The number of carbonyl (C=O) groups is 2. The van der Waals surface area contributed by atoms with Gasteiger partial charge < -0.3 is 20.3 Å². The molecule has 0 aliphatic carbocycles. The zero-order valence-electron chi connectivity index (χ0n) is 15.8. The standard InChI is InChI=1S/C19H30N2O5/c1-19(2,3)26-18(24)21(16(13-22)11-7-8-12-20)17(23)25-14-15-9-5-4-6-10-15/h4-6,9-10,16,22H,7-8,11-14,20H2,1-3H3/t16-/m0/s1. The molecule has 1 aromatic carbocycles. The van der Waals surface area contributed by atoms with Crippen molar-refractivity contribution in [1.82, 2.24) is 4.90 Å². The molecule has 0 fully saturated rings. The Morgan fingerprint density at radius 3 is 2.35 bits per heavy atom. The fraction of sp³-hybridized carbons (Fsp3) is 0.579. The van der Waals surface area contributed by atoms with Gasteiger partial charge in [0.2, 0.25) is 0 Å². The van der Waals surface area contributed by atoms with E-state index in [2.05, 4.69) is 0 Å². The Bertz CT molecular complexity index is 557. The van der Waals surface area contributed by atoms with E-state index in [1.807, 2.05) is 30.3 Å². The van der Waals surface area contributed by atoms with Crippen LogP contribution in [0, 0.1) is 0 Å². The molecule has 3 N–H and O–H groups in total. The highest BCUT2D eigenvalue weighted by atomic mass is 16.6. The van der Waals surface area contributed by atoms with Gasteiger partial charge in [0.25, 0.3) is 0 Å². The second-order valence-corrected chi connectivity index (χ2v) is 7.01. The number of amides is 2. The van der Waals surface area contributed by atoms with Gasteiger partial charge in [-0.1, -0.05) is 36.8 Å². The molecule has 1 rings (SSSR count). The van der Waals surface area contributed by atoms with Gasteiger partial charge in [-0.25, -0.2) is 14.5 Å². The Hall–Kier alpha value is -2.12. The van der Waals surface area contributed by atoms with Crippen molar-refractivity contribution in [2.24, 2.45) is 5.73 Å². The van der Waals surface area contributed by atoms with Crippen LogP contribution in [0.15, 0.2) is 30.3 Å². The lowest BCUT2D eigenvalue weighted by molar-refractivity contribution is 0.00456. The molecular weight excluding hydrogens is 336 g/mol. The van der Waals surface area contributed by atoms with Crippen LogP contribution in [0.25, 0.3) is 0 Å². The minimum Gasteiger partial charge on any atom is -0.444 e. The predicted molar refractivity (Wildman–Crippen MR) is 98.5 cm³/mol. The summed E-state index contributed by atoms with van der Waals surface area (Å²) in [7, 11) is 0. The molecule has 2 amide bonds. The third kappa shape index (κ3) is 7.84. The number of carbonyl (C=O) groups excluding carboxylic acids is 2. The van der Waals surface area contributed by atoms with Crippen molar-refractivity contribution < 1.29 is 24.2 Å². The van der Waals surface area contributed by atoms with Crippen LogP contribution in [0.3, 0.4) is 0 Å². The van der Waals surface area contributed by atoms with Crippen molar-refractivity contribution in [3.63, 3.8) is 0 Å². The first kappa shape index (κ1) is 21.9. The molecule has 0 heterocycles. The minimum absolute atomic E-state index is 0.0277. The Labute approximate surface area is 155 Å². The van der Waals surface area contributed by atoms with Crippen molar-refractivity contribution in [2.45, 2.75) is 58.3 Å². The van der Waals surface area contributed by atoms with E-state index >= 15 is 0 Å². The minimum atomic E-state index is -0.838. The number of aliphatic hydroxyl groups is 1.